The fraction of sp³-hybridized carbons (Fsp3) is 0.333. The zero-order chi connectivity index (χ0) is 15.4. The molecule has 0 bridgehead atoms. The zero-order valence-corrected chi connectivity index (χ0v) is 12.7. The zero-order valence-electron chi connectivity index (χ0n) is 12.7. The van der Waals surface area contributed by atoms with Crippen molar-refractivity contribution in [2.45, 2.75) is 6.54 Å². The molecule has 0 spiro atoms. The number of ether oxygens (including phenoxy) is 2. The van der Waals surface area contributed by atoms with Crippen molar-refractivity contribution in [2.75, 3.05) is 21.3 Å². The van der Waals surface area contributed by atoms with Gasteiger partial charge in [0.15, 0.2) is 0 Å². The lowest BCUT2D eigenvalue weighted by Gasteiger charge is -2.20. The molecule has 0 unspecified atom stereocenters. The van der Waals surface area contributed by atoms with Crippen LogP contribution in [0.5, 0.6) is 11.5 Å². The van der Waals surface area contributed by atoms with Gasteiger partial charge in [-0.2, -0.15) is 5.10 Å². The Hall–Kier alpha value is -2.50. The Bertz CT molecular complexity index is 615. The predicted octanol–water partition coefficient (Wildman–Crippen LogP) is 1.71. The summed E-state index contributed by atoms with van der Waals surface area (Å²) in [7, 11) is 6.65. The molecule has 1 amide bonds. The van der Waals surface area contributed by atoms with Gasteiger partial charge >= 0.3 is 0 Å². The van der Waals surface area contributed by atoms with Crippen molar-refractivity contribution in [1.82, 2.24) is 14.7 Å². The van der Waals surface area contributed by atoms with Crippen LogP contribution in [0.25, 0.3) is 0 Å². The van der Waals surface area contributed by atoms with Crippen LogP contribution in [0.4, 0.5) is 0 Å². The van der Waals surface area contributed by atoms with Crippen molar-refractivity contribution in [1.29, 1.82) is 0 Å². The summed E-state index contributed by atoms with van der Waals surface area (Å²) in [5.74, 6) is 0.831. The molecule has 21 heavy (non-hydrogen) atoms. The molecule has 6 nitrogen and oxygen atoms in total. The minimum absolute atomic E-state index is 0.162. The number of hydrogen-bond acceptors (Lipinski definition) is 4. The van der Waals surface area contributed by atoms with Gasteiger partial charge in [-0.1, -0.05) is 6.07 Å². The van der Waals surface area contributed by atoms with Gasteiger partial charge in [0.1, 0.15) is 17.1 Å². The molecule has 112 valence electrons. The summed E-state index contributed by atoms with van der Waals surface area (Å²) in [5.41, 5.74) is 1.37. The number of aryl methyl sites for hydroxylation is 1. The first-order chi connectivity index (χ1) is 10.1. The van der Waals surface area contributed by atoms with Crippen LogP contribution in [0.3, 0.4) is 0 Å². The maximum Gasteiger partial charge on any atom is 0.261 e. The first-order valence-electron chi connectivity index (χ1n) is 6.51. The van der Waals surface area contributed by atoms with Crippen LogP contribution in [0.2, 0.25) is 0 Å². The molecule has 6 heteroatoms. The van der Waals surface area contributed by atoms with Crippen molar-refractivity contribution >= 4 is 5.91 Å². The average Bonchev–Trinajstić information content (AvgIpc) is 2.90. The largest absolute Gasteiger partial charge is 0.496 e. The Morgan fingerprint density at radius 2 is 1.86 bits per heavy atom. The van der Waals surface area contributed by atoms with Gasteiger partial charge in [0.2, 0.25) is 0 Å². The summed E-state index contributed by atoms with van der Waals surface area (Å²) in [6.07, 6.45) is 1.71. The molecule has 0 saturated carbocycles. The Kier molecular flexibility index (Phi) is 4.47. The molecule has 0 radical (unpaired) electrons. The van der Waals surface area contributed by atoms with Crippen molar-refractivity contribution < 1.29 is 14.3 Å². The summed E-state index contributed by atoms with van der Waals surface area (Å²) in [6.45, 7) is 0.455. The molecule has 0 N–H and O–H groups in total. The van der Waals surface area contributed by atoms with Gasteiger partial charge in [0.05, 0.1) is 26.5 Å². The van der Waals surface area contributed by atoms with Crippen LogP contribution in [-0.4, -0.2) is 41.9 Å². The second-order valence-corrected chi connectivity index (χ2v) is 4.64. The molecule has 0 aliphatic rings. The lowest BCUT2D eigenvalue weighted by molar-refractivity contribution is 0.0775. The molecule has 2 aromatic rings. The third kappa shape index (κ3) is 2.99. The topological polar surface area (TPSA) is 56.6 Å². The monoisotopic (exact) mass is 289 g/mol. The average molecular weight is 289 g/mol. The molecular weight excluding hydrogens is 270 g/mol. The second kappa shape index (κ2) is 6.30. The van der Waals surface area contributed by atoms with Gasteiger partial charge in [-0.3, -0.25) is 9.48 Å². The summed E-state index contributed by atoms with van der Waals surface area (Å²) < 4.78 is 12.3. The third-order valence-electron chi connectivity index (χ3n) is 3.31. The Morgan fingerprint density at radius 1 is 1.24 bits per heavy atom. The van der Waals surface area contributed by atoms with Gasteiger partial charge in [0.25, 0.3) is 5.91 Å². The number of benzene rings is 1. The van der Waals surface area contributed by atoms with E-state index in [9.17, 15) is 4.79 Å². The number of aromatic nitrogens is 2. The van der Waals surface area contributed by atoms with E-state index in [0.717, 1.165) is 5.69 Å². The number of carbonyl (C=O) groups excluding carboxylic acids is 1. The SMILES string of the molecule is COc1cccc(OC)c1C(=O)N(C)Cc1ccnn1C. The molecule has 0 atom stereocenters. The Morgan fingerprint density at radius 3 is 2.33 bits per heavy atom. The van der Waals surface area contributed by atoms with E-state index in [1.54, 1.807) is 41.0 Å². The van der Waals surface area contributed by atoms with E-state index in [1.807, 2.05) is 13.1 Å². The number of methoxy groups -OCH3 is 2. The summed E-state index contributed by atoms with van der Waals surface area (Å²) in [6, 6.07) is 7.15. The Labute approximate surface area is 123 Å². The van der Waals surface area contributed by atoms with E-state index in [2.05, 4.69) is 5.10 Å². The number of nitrogens with zero attached hydrogens (tertiary/aromatic N) is 3. The quantitative estimate of drug-likeness (QED) is 0.841. The molecule has 1 aromatic heterocycles. The molecule has 2 rings (SSSR count). The third-order valence-corrected chi connectivity index (χ3v) is 3.31. The molecule has 0 saturated heterocycles. The van der Waals surface area contributed by atoms with E-state index < -0.39 is 0 Å². The van der Waals surface area contributed by atoms with E-state index in [1.165, 1.54) is 14.2 Å². The van der Waals surface area contributed by atoms with Crippen molar-refractivity contribution in [3.8, 4) is 11.5 Å². The number of carbonyl (C=O) groups is 1. The van der Waals surface area contributed by atoms with Crippen molar-refractivity contribution in [3.63, 3.8) is 0 Å². The standard InChI is InChI=1S/C15H19N3O3/c1-17(10-11-8-9-16-18(11)2)15(19)14-12(20-3)6-5-7-13(14)21-4/h5-9H,10H2,1-4H3. The van der Waals surface area contributed by atoms with E-state index in [0.29, 0.717) is 23.6 Å². The van der Waals surface area contributed by atoms with E-state index in [4.69, 9.17) is 9.47 Å². The molecule has 0 fully saturated rings. The Balaban J connectivity index is 2.29. The highest BCUT2D eigenvalue weighted by atomic mass is 16.5. The number of rotatable bonds is 5. The predicted molar refractivity (Wildman–Crippen MR) is 78.6 cm³/mol. The fourth-order valence-electron chi connectivity index (χ4n) is 2.12. The number of hydrogen-bond donors (Lipinski definition) is 0. The molecule has 0 aliphatic carbocycles. The van der Waals surface area contributed by atoms with Crippen LogP contribution in [0.1, 0.15) is 16.1 Å². The fourth-order valence-corrected chi connectivity index (χ4v) is 2.12. The van der Waals surface area contributed by atoms with Gasteiger partial charge in [-0.25, -0.2) is 0 Å². The summed E-state index contributed by atoms with van der Waals surface area (Å²) in [5, 5.41) is 4.10. The smallest absolute Gasteiger partial charge is 0.261 e. The molecule has 0 aliphatic heterocycles. The van der Waals surface area contributed by atoms with Gasteiger partial charge in [-0.15, -0.1) is 0 Å². The van der Waals surface area contributed by atoms with Crippen molar-refractivity contribution in [3.05, 3.63) is 41.7 Å². The van der Waals surface area contributed by atoms with E-state index in [-0.39, 0.29) is 5.91 Å². The van der Waals surface area contributed by atoms with Crippen LogP contribution < -0.4 is 9.47 Å². The lowest BCUT2D eigenvalue weighted by Crippen LogP contribution is -2.28. The first kappa shape index (κ1) is 14.9. The minimum atomic E-state index is -0.162. The number of amides is 1. The minimum Gasteiger partial charge on any atom is -0.496 e. The summed E-state index contributed by atoms with van der Waals surface area (Å²) in [4.78, 5) is 14.3. The second-order valence-electron chi connectivity index (χ2n) is 4.64. The van der Waals surface area contributed by atoms with Crippen LogP contribution >= 0.6 is 0 Å². The first-order valence-corrected chi connectivity index (χ1v) is 6.51. The molecule has 1 aromatic carbocycles. The van der Waals surface area contributed by atoms with Crippen LogP contribution in [0.15, 0.2) is 30.5 Å². The van der Waals surface area contributed by atoms with Gasteiger partial charge in [0, 0.05) is 20.3 Å². The highest BCUT2D eigenvalue weighted by molar-refractivity contribution is 5.99. The van der Waals surface area contributed by atoms with Crippen molar-refractivity contribution in [2.24, 2.45) is 7.05 Å². The van der Waals surface area contributed by atoms with Gasteiger partial charge in [-0.05, 0) is 18.2 Å². The molecule has 1 heterocycles. The summed E-state index contributed by atoms with van der Waals surface area (Å²) >= 11 is 0. The highest BCUT2D eigenvalue weighted by Gasteiger charge is 2.22. The van der Waals surface area contributed by atoms with E-state index >= 15 is 0 Å². The van der Waals surface area contributed by atoms with Crippen LogP contribution in [0, 0.1) is 0 Å². The lowest BCUT2D eigenvalue weighted by atomic mass is 10.1. The maximum absolute atomic E-state index is 12.7. The van der Waals surface area contributed by atoms with Gasteiger partial charge < -0.3 is 14.4 Å². The maximum atomic E-state index is 12.7. The van der Waals surface area contributed by atoms with Crippen LogP contribution in [-0.2, 0) is 13.6 Å². The normalized spacial score (nSPS) is 10.3. The highest BCUT2D eigenvalue weighted by Crippen LogP contribution is 2.29. The molecular formula is C15H19N3O3.